The SMILES string of the molecule is COc1cccc(-c2nc(CN3CCOCS3(=O)=O)c(C)o2)c1. The Hall–Kier alpha value is -1.90. The van der Waals surface area contributed by atoms with Crippen molar-refractivity contribution in [3.8, 4) is 17.2 Å². The molecule has 0 bridgehead atoms. The van der Waals surface area contributed by atoms with Gasteiger partial charge in [0.2, 0.25) is 15.9 Å². The summed E-state index contributed by atoms with van der Waals surface area (Å²) in [6, 6.07) is 7.36. The van der Waals surface area contributed by atoms with E-state index in [1.807, 2.05) is 24.3 Å². The van der Waals surface area contributed by atoms with E-state index in [2.05, 4.69) is 4.98 Å². The summed E-state index contributed by atoms with van der Waals surface area (Å²) in [4.78, 5) is 4.45. The minimum absolute atomic E-state index is 0.186. The molecule has 1 aliphatic heterocycles. The van der Waals surface area contributed by atoms with Gasteiger partial charge in [0.15, 0.2) is 5.94 Å². The fourth-order valence-electron chi connectivity index (χ4n) is 2.34. The van der Waals surface area contributed by atoms with E-state index < -0.39 is 10.0 Å². The van der Waals surface area contributed by atoms with Crippen molar-refractivity contribution in [1.29, 1.82) is 0 Å². The molecule has 0 radical (unpaired) electrons. The number of hydrogen-bond acceptors (Lipinski definition) is 6. The van der Waals surface area contributed by atoms with Crippen LogP contribution in [0.15, 0.2) is 28.7 Å². The van der Waals surface area contributed by atoms with E-state index in [0.717, 1.165) is 5.56 Å². The van der Waals surface area contributed by atoms with E-state index in [4.69, 9.17) is 13.9 Å². The molecule has 1 fully saturated rings. The number of nitrogens with zero attached hydrogens (tertiary/aromatic N) is 2. The second kappa shape index (κ2) is 6.31. The molecular weight excluding hydrogens is 320 g/mol. The largest absolute Gasteiger partial charge is 0.497 e. The highest BCUT2D eigenvalue weighted by atomic mass is 32.2. The van der Waals surface area contributed by atoms with Crippen LogP contribution in [0.3, 0.4) is 0 Å². The molecule has 8 heteroatoms. The molecule has 0 saturated carbocycles. The third kappa shape index (κ3) is 3.39. The Labute approximate surface area is 134 Å². The maximum Gasteiger partial charge on any atom is 0.238 e. The molecule has 1 saturated heterocycles. The van der Waals surface area contributed by atoms with Crippen LogP contribution < -0.4 is 4.74 Å². The molecule has 2 aromatic rings. The first-order valence-corrected chi connectivity index (χ1v) is 8.77. The molecule has 7 nitrogen and oxygen atoms in total. The van der Waals surface area contributed by atoms with Crippen LogP contribution in [0.5, 0.6) is 5.75 Å². The fourth-order valence-corrected chi connectivity index (χ4v) is 3.49. The van der Waals surface area contributed by atoms with Gasteiger partial charge in [-0.1, -0.05) is 6.07 Å². The average molecular weight is 338 g/mol. The van der Waals surface area contributed by atoms with Crippen molar-refractivity contribution in [3.05, 3.63) is 35.7 Å². The van der Waals surface area contributed by atoms with E-state index in [-0.39, 0.29) is 12.5 Å². The predicted octanol–water partition coefficient (Wildman–Crippen LogP) is 1.78. The molecule has 0 aliphatic carbocycles. The number of benzene rings is 1. The first kappa shape index (κ1) is 16.0. The molecule has 1 aromatic heterocycles. The maximum absolute atomic E-state index is 12.0. The lowest BCUT2D eigenvalue weighted by atomic mass is 10.2. The van der Waals surface area contributed by atoms with Gasteiger partial charge >= 0.3 is 0 Å². The van der Waals surface area contributed by atoms with Crippen LogP contribution in [-0.4, -0.2) is 43.9 Å². The molecule has 1 aromatic carbocycles. The number of ether oxygens (including phenoxy) is 2. The Morgan fingerprint density at radius 3 is 2.96 bits per heavy atom. The molecule has 124 valence electrons. The van der Waals surface area contributed by atoms with Crippen molar-refractivity contribution in [2.45, 2.75) is 13.5 Å². The van der Waals surface area contributed by atoms with Crippen LogP contribution in [0.25, 0.3) is 11.5 Å². The number of hydrogen-bond donors (Lipinski definition) is 0. The molecule has 0 atom stereocenters. The van der Waals surface area contributed by atoms with Crippen molar-refractivity contribution in [3.63, 3.8) is 0 Å². The van der Waals surface area contributed by atoms with Crippen LogP contribution in [0.2, 0.25) is 0 Å². The van der Waals surface area contributed by atoms with Crippen LogP contribution in [0.1, 0.15) is 11.5 Å². The van der Waals surface area contributed by atoms with E-state index in [0.29, 0.717) is 36.2 Å². The average Bonchev–Trinajstić information content (AvgIpc) is 2.90. The van der Waals surface area contributed by atoms with Gasteiger partial charge in [-0.25, -0.2) is 13.4 Å². The highest BCUT2D eigenvalue weighted by Crippen LogP contribution is 2.26. The summed E-state index contributed by atoms with van der Waals surface area (Å²) in [6.07, 6.45) is 0. The third-order valence-electron chi connectivity index (χ3n) is 3.65. The van der Waals surface area contributed by atoms with Crippen LogP contribution in [0.4, 0.5) is 0 Å². The van der Waals surface area contributed by atoms with Crippen molar-refractivity contribution in [1.82, 2.24) is 9.29 Å². The van der Waals surface area contributed by atoms with E-state index >= 15 is 0 Å². The normalized spacial score (nSPS) is 18.0. The first-order chi connectivity index (χ1) is 11.0. The van der Waals surface area contributed by atoms with E-state index in [1.54, 1.807) is 14.0 Å². The Morgan fingerprint density at radius 1 is 1.39 bits per heavy atom. The lowest BCUT2D eigenvalue weighted by Gasteiger charge is -2.25. The second-order valence-electron chi connectivity index (χ2n) is 5.23. The minimum Gasteiger partial charge on any atom is -0.497 e. The summed E-state index contributed by atoms with van der Waals surface area (Å²) >= 11 is 0. The lowest BCUT2D eigenvalue weighted by molar-refractivity contribution is 0.130. The van der Waals surface area contributed by atoms with Gasteiger partial charge in [-0.05, 0) is 25.1 Å². The third-order valence-corrected chi connectivity index (χ3v) is 5.21. The topological polar surface area (TPSA) is 81.9 Å². The molecule has 0 N–H and O–H groups in total. The fraction of sp³-hybridized carbons (Fsp3) is 0.400. The number of methoxy groups -OCH3 is 1. The molecule has 0 amide bonds. The Morgan fingerprint density at radius 2 is 2.22 bits per heavy atom. The van der Waals surface area contributed by atoms with Gasteiger partial charge in [0.1, 0.15) is 11.5 Å². The summed E-state index contributed by atoms with van der Waals surface area (Å²) in [6.45, 7) is 2.67. The zero-order valence-electron chi connectivity index (χ0n) is 13.0. The highest BCUT2D eigenvalue weighted by molar-refractivity contribution is 7.88. The Kier molecular flexibility index (Phi) is 4.38. The van der Waals surface area contributed by atoms with Crippen LogP contribution >= 0.6 is 0 Å². The van der Waals surface area contributed by atoms with Gasteiger partial charge in [-0.3, -0.25) is 0 Å². The summed E-state index contributed by atoms with van der Waals surface area (Å²) in [5, 5.41) is 0. The Balaban J connectivity index is 1.86. The van der Waals surface area contributed by atoms with Crippen LogP contribution in [0, 0.1) is 6.92 Å². The minimum atomic E-state index is -3.40. The van der Waals surface area contributed by atoms with E-state index in [1.165, 1.54) is 4.31 Å². The number of oxazole rings is 1. The Bertz CT molecular complexity index is 800. The van der Waals surface area contributed by atoms with Gasteiger partial charge < -0.3 is 13.9 Å². The monoisotopic (exact) mass is 338 g/mol. The summed E-state index contributed by atoms with van der Waals surface area (Å²) < 4.78 is 41.2. The van der Waals surface area contributed by atoms with Gasteiger partial charge in [-0.2, -0.15) is 4.31 Å². The smallest absolute Gasteiger partial charge is 0.238 e. The van der Waals surface area contributed by atoms with E-state index in [9.17, 15) is 8.42 Å². The van der Waals surface area contributed by atoms with Gasteiger partial charge in [-0.15, -0.1) is 0 Å². The summed E-state index contributed by atoms with van der Waals surface area (Å²) in [5.74, 6) is 1.47. The number of sulfonamides is 1. The summed E-state index contributed by atoms with van der Waals surface area (Å²) in [7, 11) is -1.80. The maximum atomic E-state index is 12.0. The number of aryl methyl sites for hydroxylation is 1. The highest BCUT2D eigenvalue weighted by Gasteiger charge is 2.28. The standard InChI is InChI=1S/C15H18N2O5S/c1-11-14(9-17-6-7-21-10-23(17,18)19)16-15(22-11)12-4-3-5-13(8-12)20-2/h3-5,8H,6-7,9-10H2,1-2H3. The van der Waals surface area contributed by atoms with Crippen molar-refractivity contribution in [2.75, 3.05) is 26.2 Å². The molecule has 2 heterocycles. The predicted molar refractivity (Wildman–Crippen MR) is 83.4 cm³/mol. The zero-order valence-corrected chi connectivity index (χ0v) is 13.8. The summed E-state index contributed by atoms with van der Waals surface area (Å²) in [5.41, 5.74) is 1.39. The van der Waals surface area contributed by atoms with Gasteiger partial charge in [0, 0.05) is 12.1 Å². The first-order valence-electron chi connectivity index (χ1n) is 7.16. The van der Waals surface area contributed by atoms with Gasteiger partial charge in [0.05, 0.1) is 26.0 Å². The molecule has 23 heavy (non-hydrogen) atoms. The zero-order chi connectivity index (χ0) is 16.4. The van der Waals surface area contributed by atoms with Crippen LogP contribution in [-0.2, 0) is 21.3 Å². The molecule has 1 aliphatic rings. The molecule has 3 rings (SSSR count). The quantitative estimate of drug-likeness (QED) is 0.845. The lowest BCUT2D eigenvalue weighted by Crippen LogP contribution is -2.40. The van der Waals surface area contributed by atoms with Crippen molar-refractivity contribution < 1.29 is 22.3 Å². The van der Waals surface area contributed by atoms with Crippen molar-refractivity contribution >= 4 is 10.0 Å². The molecular formula is C15H18N2O5S. The molecule has 0 spiro atoms. The number of rotatable bonds is 4. The van der Waals surface area contributed by atoms with Crippen molar-refractivity contribution in [2.24, 2.45) is 0 Å². The number of aromatic nitrogens is 1. The second-order valence-corrected chi connectivity index (χ2v) is 7.14. The molecule has 0 unspecified atom stereocenters. The van der Waals surface area contributed by atoms with Gasteiger partial charge in [0.25, 0.3) is 0 Å².